The van der Waals surface area contributed by atoms with Crippen molar-refractivity contribution in [2.24, 2.45) is 4.99 Å². The third-order valence-corrected chi connectivity index (χ3v) is 7.45. The molecule has 0 atom stereocenters. The molecule has 0 unspecified atom stereocenters. The molecule has 5 rings (SSSR count). The van der Waals surface area contributed by atoms with Crippen LogP contribution in [0.5, 0.6) is 5.75 Å². The van der Waals surface area contributed by atoms with E-state index in [2.05, 4.69) is 30.9 Å². The highest BCUT2D eigenvalue weighted by molar-refractivity contribution is 6.31. The number of piperidine rings is 1. The van der Waals surface area contributed by atoms with E-state index in [0.717, 1.165) is 23.3 Å². The highest BCUT2D eigenvalue weighted by atomic mass is 35.5. The van der Waals surface area contributed by atoms with Crippen molar-refractivity contribution in [2.45, 2.75) is 31.4 Å². The normalized spacial score (nSPS) is 16.7. The van der Waals surface area contributed by atoms with Gasteiger partial charge in [-0.1, -0.05) is 54.1 Å². The molecule has 12 nitrogen and oxygen atoms in total. The van der Waals surface area contributed by atoms with Crippen LogP contribution in [0.3, 0.4) is 0 Å². The molecule has 1 aromatic heterocycles. The lowest BCUT2D eigenvalue weighted by Crippen LogP contribution is -2.55. The zero-order chi connectivity index (χ0) is 28.8. The van der Waals surface area contributed by atoms with Crippen LogP contribution < -0.4 is 32.2 Å². The summed E-state index contributed by atoms with van der Waals surface area (Å²) in [6.07, 6.45) is 2.11. The second kappa shape index (κ2) is 12.3. The van der Waals surface area contributed by atoms with Gasteiger partial charge in [-0.05, 0) is 42.5 Å². The third-order valence-electron chi connectivity index (χ3n) is 7.17. The van der Waals surface area contributed by atoms with Crippen molar-refractivity contribution >= 4 is 41.1 Å². The number of nitrogens with one attached hydrogen (secondary N) is 3. The maximum atomic E-state index is 12.8. The number of carbonyl (C=O) groups is 2. The van der Waals surface area contributed by atoms with Crippen LogP contribution in [0.1, 0.15) is 34.5 Å². The molecule has 3 aromatic rings. The summed E-state index contributed by atoms with van der Waals surface area (Å²) in [6, 6.07) is 17.9. The lowest BCUT2D eigenvalue weighted by atomic mass is 9.89. The minimum absolute atomic E-state index is 0.0563. The monoisotopic (exact) mass is 577 g/mol. The number of carbonyl (C=O) groups excluding carboxylic acids is 2. The van der Waals surface area contributed by atoms with Gasteiger partial charge in [0, 0.05) is 26.2 Å². The molecule has 2 fully saturated rings. The van der Waals surface area contributed by atoms with Gasteiger partial charge in [0.1, 0.15) is 12.4 Å². The molecule has 1 spiro atoms. The number of amides is 3. The van der Waals surface area contributed by atoms with Gasteiger partial charge >= 0.3 is 11.9 Å². The van der Waals surface area contributed by atoms with Gasteiger partial charge in [0.25, 0.3) is 0 Å². The van der Waals surface area contributed by atoms with Crippen molar-refractivity contribution in [3.63, 3.8) is 0 Å². The second-order valence-electron chi connectivity index (χ2n) is 10.0. The Morgan fingerprint density at radius 3 is 2.49 bits per heavy atom. The Bertz CT molecular complexity index is 1430. The first-order valence-electron chi connectivity index (χ1n) is 13.3. The number of urea groups is 1. The summed E-state index contributed by atoms with van der Waals surface area (Å²) in [5, 5.41) is 9.33. The van der Waals surface area contributed by atoms with Crippen molar-refractivity contribution in [1.82, 2.24) is 30.8 Å². The fourth-order valence-electron chi connectivity index (χ4n) is 4.77. The predicted octanol–water partition coefficient (Wildman–Crippen LogP) is 2.35. The number of halogens is 1. The third kappa shape index (κ3) is 6.95. The van der Waals surface area contributed by atoms with Crippen molar-refractivity contribution in [2.75, 3.05) is 37.6 Å². The number of guanidine groups is 1. The fourth-order valence-corrected chi connectivity index (χ4v) is 4.90. The predicted molar refractivity (Wildman–Crippen MR) is 157 cm³/mol. The lowest BCUT2D eigenvalue weighted by molar-refractivity contribution is 0.0998. The Morgan fingerprint density at radius 2 is 1.76 bits per heavy atom. The minimum atomic E-state index is -0.685. The largest absolute Gasteiger partial charge is 0.489 e. The topological polar surface area (TPSA) is 173 Å². The van der Waals surface area contributed by atoms with Crippen LogP contribution in [0.2, 0.25) is 5.15 Å². The second-order valence-corrected chi connectivity index (χ2v) is 10.4. The van der Waals surface area contributed by atoms with Gasteiger partial charge in [-0.2, -0.15) is 4.99 Å². The molecule has 3 heterocycles. The summed E-state index contributed by atoms with van der Waals surface area (Å²) in [6.45, 7) is 2.77. The zero-order valence-corrected chi connectivity index (χ0v) is 23.2. The van der Waals surface area contributed by atoms with Gasteiger partial charge in [-0.15, -0.1) is 0 Å². The van der Waals surface area contributed by atoms with Crippen molar-refractivity contribution < 1.29 is 14.3 Å². The van der Waals surface area contributed by atoms with E-state index < -0.39 is 5.91 Å². The van der Waals surface area contributed by atoms with Crippen LogP contribution >= 0.6 is 11.6 Å². The smallest absolute Gasteiger partial charge is 0.317 e. The molecular formula is C28H32ClN9O3. The standard InChI is InChI=1S/C28H32ClN9O3/c29-22-24(31)35-23(30)21(34-22)25(39)36-26-33-17-28(37-26)11-14-38(15-12-28)27(40)32-13-10-18-6-8-20(9-7-18)41-16-19-4-2-1-3-5-19/h1-9H,10-17H2,(H,32,40)(H4,30,31,35)(H2,33,36,37,39). The number of aliphatic imine (C=N–C) groups is 1. The lowest BCUT2D eigenvalue weighted by Gasteiger charge is -2.38. The number of anilines is 2. The molecule has 2 aromatic carbocycles. The van der Waals surface area contributed by atoms with E-state index in [-0.39, 0.29) is 34.1 Å². The summed E-state index contributed by atoms with van der Waals surface area (Å²) >= 11 is 5.87. The number of hydrogen-bond donors (Lipinski definition) is 5. The van der Waals surface area contributed by atoms with E-state index in [4.69, 9.17) is 27.8 Å². The highest BCUT2D eigenvalue weighted by Crippen LogP contribution is 2.25. The first kappa shape index (κ1) is 28.0. The van der Waals surface area contributed by atoms with E-state index in [1.165, 1.54) is 0 Å². The average molecular weight is 578 g/mol. The van der Waals surface area contributed by atoms with Crippen LogP contribution in [0, 0.1) is 0 Å². The van der Waals surface area contributed by atoms with E-state index in [1.54, 1.807) is 4.90 Å². The van der Waals surface area contributed by atoms with Crippen LogP contribution in [-0.2, 0) is 13.0 Å². The first-order chi connectivity index (χ1) is 19.8. The zero-order valence-electron chi connectivity index (χ0n) is 22.4. The Balaban J connectivity index is 1.04. The molecule has 41 heavy (non-hydrogen) atoms. The summed E-state index contributed by atoms with van der Waals surface area (Å²) < 4.78 is 5.84. The molecule has 0 aliphatic carbocycles. The summed E-state index contributed by atoms with van der Waals surface area (Å²) in [4.78, 5) is 38.9. The van der Waals surface area contributed by atoms with Crippen molar-refractivity contribution in [3.8, 4) is 5.75 Å². The summed E-state index contributed by atoms with van der Waals surface area (Å²) in [7, 11) is 0. The molecule has 0 saturated carbocycles. The first-order valence-corrected chi connectivity index (χ1v) is 13.7. The molecule has 2 aliphatic rings. The number of benzene rings is 2. The van der Waals surface area contributed by atoms with Crippen molar-refractivity contribution in [1.29, 1.82) is 0 Å². The Kier molecular flexibility index (Phi) is 8.39. The minimum Gasteiger partial charge on any atom is -0.489 e. The van der Waals surface area contributed by atoms with Gasteiger partial charge in [-0.25, -0.2) is 14.8 Å². The van der Waals surface area contributed by atoms with Crippen LogP contribution in [0.4, 0.5) is 16.4 Å². The highest BCUT2D eigenvalue weighted by Gasteiger charge is 2.40. The molecule has 13 heteroatoms. The van der Waals surface area contributed by atoms with Crippen LogP contribution in [0.15, 0.2) is 59.6 Å². The number of hydrogen-bond acceptors (Lipinski definition) is 7. The molecular weight excluding hydrogens is 546 g/mol. The summed E-state index contributed by atoms with van der Waals surface area (Å²) in [5.74, 6) is 0.245. The number of ether oxygens (including phenoxy) is 1. The molecule has 2 aliphatic heterocycles. The van der Waals surface area contributed by atoms with Crippen molar-refractivity contribution in [3.05, 3.63) is 76.6 Å². The molecule has 0 radical (unpaired) electrons. The van der Waals surface area contributed by atoms with Crippen LogP contribution in [-0.4, -0.2) is 64.5 Å². The fraction of sp³-hybridized carbons (Fsp3) is 0.321. The summed E-state index contributed by atoms with van der Waals surface area (Å²) in [5.41, 5.74) is 13.1. The molecule has 0 bridgehead atoms. The molecule has 7 N–H and O–H groups in total. The number of nitrogens with two attached hydrogens (primary N) is 2. The Labute approximate surface area is 242 Å². The number of likely N-dealkylation sites (tertiary alicyclic amines) is 1. The maximum absolute atomic E-state index is 12.8. The number of aromatic nitrogens is 2. The molecule has 2 saturated heterocycles. The van der Waals surface area contributed by atoms with Gasteiger partial charge in [0.15, 0.2) is 28.4 Å². The van der Waals surface area contributed by atoms with Crippen LogP contribution in [0.25, 0.3) is 0 Å². The Morgan fingerprint density at radius 1 is 1.02 bits per heavy atom. The van der Waals surface area contributed by atoms with Gasteiger partial charge in [-0.3, -0.25) is 4.79 Å². The van der Waals surface area contributed by atoms with E-state index >= 15 is 0 Å². The van der Waals surface area contributed by atoms with E-state index in [9.17, 15) is 9.59 Å². The number of nitrogen functional groups attached to an aromatic ring is 2. The number of nitrogens with zero attached hydrogens (tertiary/aromatic N) is 4. The van der Waals surface area contributed by atoms with Gasteiger partial charge in [0.05, 0.1) is 5.54 Å². The molecule has 3 amide bonds. The van der Waals surface area contributed by atoms with Gasteiger partial charge < -0.3 is 37.1 Å². The quantitative estimate of drug-likeness (QED) is 0.282. The van der Waals surface area contributed by atoms with E-state index in [0.29, 0.717) is 51.6 Å². The number of rotatable bonds is 7. The maximum Gasteiger partial charge on any atom is 0.317 e. The van der Waals surface area contributed by atoms with E-state index in [1.807, 2.05) is 54.6 Å². The SMILES string of the molecule is Nc1nc(N)c(C(=O)/N=C2\NCC3(CCN(C(=O)NCCc4ccc(OCc5ccccc5)cc4)CC3)N2)nc1Cl. The van der Waals surface area contributed by atoms with Gasteiger partial charge in [0.2, 0.25) is 0 Å². The average Bonchev–Trinajstić information content (AvgIpc) is 3.36. The Hall–Kier alpha value is -4.58. The molecule has 214 valence electrons.